The Labute approximate surface area is 117 Å². The minimum absolute atomic E-state index is 0.207. The van der Waals surface area contributed by atoms with E-state index in [0.717, 1.165) is 34.4 Å². The normalized spacial score (nSPS) is 12.5. The average Bonchev–Trinajstić information content (AvgIpc) is 2.40. The molecule has 0 saturated heterocycles. The second kappa shape index (κ2) is 5.69. The second-order valence-electron chi connectivity index (χ2n) is 5.06. The van der Waals surface area contributed by atoms with E-state index < -0.39 is 17.7 Å². The third-order valence-electron chi connectivity index (χ3n) is 3.63. The molecule has 0 spiro atoms. The molecule has 0 aromatic heterocycles. The van der Waals surface area contributed by atoms with Gasteiger partial charge in [-0.15, -0.1) is 0 Å². The number of benzene rings is 2. The molecule has 0 radical (unpaired) electrons. The van der Waals surface area contributed by atoms with Crippen LogP contribution in [0.25, 0.3) is 0 Å². The summed E-state index contributed by atoms with van der Waals surface area (Å²) in [5.41, 5.74) is 6.86. The Bertz CT molecular complexity index is 639. The molecule has 0 bridgehead atoms. The topological polar surface area (TPSA) is 38.0 Å². The largest absolute Gasteiger partial charge is 0.271 e. The number of halogens is 2. The van der Waals surface area contributed by atoms with E-state index in [2.05, 4.69) is 5.43 Å². The predicted octanol–water partition coefficient (Wildman–Crippen LogP) is 3.44. The van der Waals surface area contributed by atoms with Gasteiger partial charge in [0.25, 0.3) is 0 Å². The van der Waals surface area contributed by atoms with Crippen LogP contribution in [-0.4, -0.2) is 0 Å². The van der Waals surface area contributed by atoms with Crippen LogP contribution in [0, 0.1) is 32.4 Å². The molecule has 2 rings (SSSR count). The van der Waals surface area contributed by atoms with Gasteiger partial charge < -0.3 is 0 Å². The van der Waals surface area contributed by atoms with Gasteiger partial charge in [0.05, 0.1) is 6.04 Å². The maximum atomic E-state index is 13.9. The first-order valence-electron chi connectivity index (χ1n) is 6.43. The van der Waals surface area contributed by atoms with Gasteiger partial charge in [-0.05, 0) is 61.2 Å². The van der Waals surface area contributed by atoms with Crippen molar-refractivity contribution in [1.29, 1.82) is 0 Å². The number of hydrogen-bond donors (Lipinski definition) is 2. The van der Waals surface area contributed by atoms with Crippen LogP contribution in [0.4, 0.5) is 8.78 Å². The van der Waals surface area contributed by atoms with Crippen molar-refractivity contribution in [3.8, 4) is 0 Å². The van der Waals surface area contributed by atoms with Crippen LogP contribution in [0.2, 0.25) is 0 Å². The van der Waals surface area contributed by atoms with Crippen LogP contribution >= 0.6 is 0 Å². The summed E-state index contributed by atoms with van der Waals surface area (Å²) in [6.45, 7) is 5.93. The molecule has 2 aromatic carbocycles. The number of aryl methyl sites for hydroxylation is 3. The Morgan fingerprint density at radius 2 is 1.55 bits per heavy atom. The maximum Gasteiger partial charge on any atom is 0.128 e. The third-order valence-corrected chi connectivity index (χ3v) is 3.63. The van der Waals surface area contributed by atoms with Crippen LogP contribution in [-0.2, 0) is 0 Å². The van der Waals surface area contributed by atoms with E-state index in [9.17, 15) is 8.78 Å². The molecular weight excluding hydrogens is 258 g/mol. The van der Waals surface area contributed by atoms with Crippen molar-refractivity contribution in [2.24, 2.45) is 5.84 Å². The number of hydrazine groups is 1. The molecule has 0 amide bonds. The zero-order valence-electron chi connectivity index (χ0n) is 11.8. The van der Waals surface area contributed by atoms with E-state index in [4.69, 9.17) is 5.84 Å². The van der Waals surface area contributed by atoms with Gasteiger partial charge in [-0.2, -0.15) is 0 Å². The fourth-order valence-corrected chi connectivity index (χ4v) is 2.38. The monoisotopic (exact) mass is 276 g/mol. The van der Waals surface area contributed by atoms with Crippen molar-refractivity contribution in [3.05, 3.63) is 69.8 Å². The minimum Gasteiger partial charge on any atom is -0.271 e. The zero-order valence-corrected chi connectivity index (χ0v) is 11.8. The summed E-state index contributed by atoms with van der Waals surface area (Å²) in [5.74, 6) is 4.61. The molecule has 0 aliphatic rings. The molecule has 0 saturated carbocycles. The first-order chi connectivity index (χ1) is 9.43. The Balaban J connectivity index is 2.58. The highest BCUT2D eigenvalue weighted by atomic mass is 19.1. The quantitative estimate of drug-likeness (QED) is 0.665. The van der Waals surface area contributed by atoms with E-state index in [1.807, 2.05) is 32.9 Å². The van der Waals surface area contributed by atoms with Crippen molar-refractivity contribution in [2.75, 3.05) is 0 Å². The van der Waals surface area contributed by atoms with Gasteiger partial charge in [0, 0.05) is 5.56 Å². The van der Waals surface area contributed by atoms with Crippen molar-refractivity contribution in [3.63, 3.8) is 0 Å². The van der Waals surface area contributed by atoms with Crippen molar-refractivity contribution in [2.45, 2.75) is 26.8 Å². The predicted molar refractivity (Wildman–Crippen MR) is 76.2 cm³/mol. The molecule has 0 aliphatic carbocycles. The number of hydrogen-bond acceptors (Lipinski definition) is 2. The van der Waals surface area contributed by atoms with Gasteiger partial charge in [-0.25, -0.2) is 14.2 Å². The molecule has 0 aliphatic heterocycles. The Morgan fingerprint density at radius 3 is 2.20 bits per heavy atom. The summed E-state index contributed by atoms with van der Waals surface area (Å²) in [4.78, 5) is 0. The average molecular weight is 276 g/mol. The van der Waals surface area contributed by atoms with E-state index in [0.29, 0.717) is 0 Å². The minimum atomic E-state index is -0.579. The summed E-state index contributed by atoms with van der Waals surface area (Å²) < 4.78 is 27.3. The molecule has 4 heteroatoms. The zero-order chi connectivity index (χ0) is 14.9. The fraction of sp³-hybridized carbons (Fsp3) is 0.250. The van der Waals surface area contributed by atoms with E-state index in [1.54, 1.807) is 0 Å². The number of nitrogens with two attached hydrogens (primary N) is 1. The van der Waals surface area contributed by atoms with Crippen LogP contribution in [0.3, 0.4) is 0 Å². The molecule has 106 valence electrons. The lowest BCUT2D eigenvalue weighted by atomic mass is 9.92. The Kier molecular flexibility index (Phi) is 4.16. The SMILES string of the molecule is Cc1cc(C)c(C(NN)c2cc(F)ccc2F)cc1C. The molecule has 3 N–H and O–H groups in total. The van der Waals surface area contributed by atoms with E-state index >= 15 is 0 Å². The molecule has 20 heavy (non-hydrogen) atoms. The fourth-order valence-electron chi connectivity index (χ4n) is 2.38. The molecule has 1 unspecified atom stereocenters. The van der Waals surface area contributed by atoms with Crippen molar-refractivity contribution >= 4 is 0 Å². The van der Waals surface area contributed by atoms with Gasteiger partial charge in [0.1, 0.15) is 11.6 Å². The summed E-state index contributed by atoms with van der Waals surface area (Å²) in [6.07, 6.45) is 0. The standard InChI is InChI=1S/C16H18F2N2/c1-9-6-11(3)13(7-10(9)2)16(20-19)14-8-12(17)4-5-15(14)18/h4-8,16,20H,19H2,1-3H3. The molecule has 0 fully saturated rings. The lowest BCUT2D eigenvalue weighted by Crippen LogP contribution is -2.30. The Hall–Kier alpha value is -1.78. The van der Waals surface area contributed by atoms with E-state index in [-0.39, 0.29) is 5.56 Å². The molecule has 2 nitrogen and oxygen atoms in total. The molecule has 1 atom stereocenters. The van der Waals surface area contributed by atoms with Gasteiger partial charge in [-0.3, -0.25) is 5.84 Å². The van der Waals surface area contributed by atoms with Gasteiger partial charge >= 0.3 is 0 Å². The third kappa shape index (κ3) is 2.71. The second-order valence-corrected chi connectivity index (χ2v) is 5.06. The first-order valence-corrected chi connectivity index (χ1v) is 6.43. The van der Waals surface area contributed by atoms with Gasteiger partial charge in [0.2, 0.25) is 0 Å². The highest BCUT2D eigenvalue weighted by Gasteiger charge is 2.19. The number of rotatable bonds is 3. The van der Waals surface area contributed by atoms with Crippen LogP contribution in [0.15, 0.2) is 30.3 Å². The number of nitrogens with one attached hydrogen (secondary N) is 1. The molecule has 2 aromatic rings. The summed E-state index contributed by atoms with van der Waals surface area (Å²) in [6, 6.07) is 6.79. The summed E-state index contributed by atoms with van der Waals surface area (Å²) in [5, 5.41) is 0. The van der Waals surface area contributed by atoms with Crippen LogP contribution in [0.5, 0.6) is 0 Å². The lowest BCUT2D eigenvalue weighted by molar-refractivity contribution is 0.544. The van der Waals surface area contributed by atoms with Gasteiger partial charge in [-0.1, -0.05) is 12.1 Å². The maximum absolute atomic E-state index is 13.9. The highest BCUT2D eigenvalue weighted by molar-refractivity contribution is 5.42. The van der Waals surface area contributed by atoms with Crippen LogP contribution in [0.1, 0.15) is 33.9 Å². The molecule has 0 heterocycles. The van der Waals surface area contributed by atoms with Gasteiger partial charge in [0.15, 0.2) is 0 Å². The smallest absolute Gasteiger partial charge is 0.128 e. The van der Waals surface area contributed by atoms with Crippen molar-refractivity contribution < 1.29 is 8.78 Å². The highest BCUT2D eigenvalue weighted by Crippen LogP contribution is 2.28. The van der Waals surface area contributed by atoms with E-state index in [1.165, 1.54) is 6.07 Å². The summed E-state index contributed by atoms with van der Waals surface area (Å²) in [7, 11) is 0. The first kappa shape index (κ1) is 14.6. The summed E-state index contributed by atoms with van der Waals surface area (Å²) >= 11 is 0. The lowest BCUT2D eigenvalue weighted by Gasteiger charge is -2.21. The Morgan fingerprint density at radius 1 is 0.900 bits per heavy atom. The van der Waals surface area contributed by atoms with Crippen LogP contribution < -0.4 is 11.3 Å². The van der Waals surface area contributed by atoms with Crippen molar-refractivity contribution in [1.82, 2.24) is 5.43 Å². The molecular formula is C16H18F2N2.